The fourth-order valence-electron chi connectivity index (χ4n) is 2.13. The molecule has 1 unspecified atom stereocenters. The van der Waals surface area contributed by atoms with Crippen LogP contribution in [0.5, 0.6) is 0 Å². The van der Waals surface area contributed by atoms with Crippen LogP contribution in [0.15, 0.2) is 0 Å². The van der Waals surface area contributed by atoms with Crippen LogP contribution in [0.25, 0.3) is 0 Å². The van der Waals surface area contributed by atoms with Crippen molar-refractivity contribution >= 4 is 10.0 Å². The molecule has 1 rings (SSSR count). The second-order valence-corrected chi connectivity index (χ2v) is 6.19. The number of nitrogens with two attached hydrogens (primary N) is 1. The first-order chi connectivity index (χ1) is 7.61. The van der Waals surface area contributed by atoms with Gasteiger partial charge in [-0.05, 0) is 25.8 Å². The van der Waals surface area contributed by atoms with Crippen molar-refractivity contribution in [2.75, 3.05) is 32.6 Å². The molecule has 96 valence electrons. The number of rotatable bonds is 6. The van der Waals surface area contributed by atoms with E-state index in [0.29, 0.717) is 13.1 Å². The van der Waals surface area contributed by atoms with Crippen molar-refractivity contribution in [2.45, 2.75) is 31.7 Å². The number of methoxy groups -OCH3 is 1. The lowest BCUT2D eigenvalue weighted by atomic mass is 10.0. The van der Waals surface area contributed by atoms with Crippen molar-refractivity contribution in [1.82, 2.24) is 4.31 Å². The van der Waals surface area contributed by atoms with Gasteiger partial charge in [-0.1, -0.05) is 6.42 Å². The third-order valence-corrected chi connectivity index (χ3v) is 4.85. The average Bonchev–Trinajstić information content (AvgIpc) is 2.27. The van der Waals surface area contributed by atoms with Gasteiger partial charge in [0, 0.05) is 19.7 Å². The molecule has 6 heteroatoms. The van der Waals surface area contributed by atoms with Crippen molar-refractivity contribution in [3.05, 3.63) is 0 Å². The number of piperidine rings is 1. The number of sulfonamides is 1. The second kappa shape index (κ2) is 6.54. The van der Waals surface area contributed by atoms with Crippen LogP contribution in [0.4, 0.5) is 0 Å². The molecule has 0 aromatic heterocycles. The summed E-state index contributed by atoms with van der Waals surface area (Å²) in [4.78, 5) is 0. The number of nitrogens with zero attached hydrogens (tertiary/aromatic N) is 1. The Morgan fingerprint density at radius 3 is 2.81 bits per heavy atom. The SMILES string of the molecule is COCCS(=O)(=O)N1CCCCC1CCN. The molecule has 0 aromatic rings. The van der Waals surface area contributed by atoms with Gasteiger partial charge in [-0.15, -0.1) is 0 Å². The van der Waals surface area contributed by atoms with Crippen LogP contribution >= 0.6 is 0 Å². The zero-order chi connectivity index (χ0) is 12.0. The molecule has 1 aliphatic rings. The number of hydrogen-bond donors (Lipinski definition) is 1. The molecule has 1 aliphatic heterocycles. The summed E-state index contributed by atoms with van der Waals surface area (Å²) in [6.45, 7) is 1.44. The molecule has 1 fully saturated rings. The molecule has 0 spiro atoms. The Bertz CT molecular complexity index is 290. The molecule has 2 N–H and O–H groups in total. The fraction of sp³-hybridized carbons (Fsp3) is 1.00. The maximum atomic E-state index is 12.0. The number of ether oxygens (including phenoxy) is 1. The highest BCUT2D eigenvalue weighted by molar-refractivity contribution is 7.89. The lowest BCUT2D eigenvalue weighted by molar-refractivity contribution is 0.209. The highest BCUT2D eigenvalue weighted by atomic mass is 32.2. The Morgan fingerprint density at radius 1 is 1.44 bits per heavy atom. The van der Waals surface area contributed by atoms with Gasteiger partial charge in [-0.25, -0.2) is 8.42 Å². The summed E-state index contributed by atoms with van der Waals surface area (Å²) in [6.07, 6.45) is 3.74. The molecular weight excluding hydrogens is 228 g/mol. The van der Waals surface area contributed by atoms with Crippen LogP contribution in [0, 0.1) is 0 Å². The summed E-state index contributed by atoms with van der Waals surface area (Å²) in [5, 5.41) is 0. The van der Waals surface area contributed by atoms with E-state index in [9.17, 15) is 8.42 Å². The van der Waals surface area contributed by atoms with Crippen molar-refractivity contribution in [3.8, 4) is 0 Å². The van der Waals surface area contributed by atoms with Gasteiger partial charge in [0.15, 0.2) is 0 Å². The first-order valence-corrected chi connectivity index (χ1v) is 7.41. The molecule has 0 aromatic carbocycles. The minimum absolute atomic E-state index is 0.0740. The van der Waals surface area contributed by atoms with E-state index in [1.54, 1.807) is 4.31 Å². The Hall–Kier alpha value is -0.170. The molecule has 0 amide bonds. The molecule has 0 bridgehead atoms. The van der Waals surface area contributed by atoms with Gasteiger partial charge in [0.2, 0.25) is 10.0 Å². The van der Waals surface area contributed by atoms with Crippen LogP contribution in [0.1, 0.15) is 25.7 Å². The van der Waals surface area contributed by atoms with E-state index in [1.165, 1.54) is 7.11 Å². The normalized spacial score (nSPS) is 23.5. The van der Waals surface area contributed by atoms with Gasteiger partial charge in [0.1, 0.15) is 0 Å². The first-order valence-electron chi connectivity index (χ1n) is 5.80. The molecule has 16 heavy (non-hydrogen) atoms. The van der Waals surface area contributed by atoms with E-state index in [1.807, 2.05) is 0 Å². The molecule has 5 nitrogen and oxygen atoms in total. The highest BCUT2D eigenvalue weighted by Crippen LogP contribution is 2.22. The Balaban J connectivity index is 2.66. The average molecular weight is 250 g/mol. The number of hydrogen-bond acceptors (Lipinski definition) is 4. The van der Waals surface area contributed by atoms with Gasteiger partial charge < -0.3 is 10.5 Å². The van der Waals surface area contributed by atoms with E-state index < -0.39 is 10.0 Å². The van der Waals surface area contributed by atoms with E-state index in [2.05, 4.69) is 0 Å². The van der Waals surface area contributed by atoms with Gasteiger partial charge in [0.05, 0.1) is 12.4 Å². The fourth-order valence-corrected chi connectivity index (χ4v) is 3.81. The highest BCUT2D eigenvalue weighted by Gasteiger charge is 2.31. The molecule has 1 atom stereocenters. The lowest BCUT2D eigenvalue weighted by Crippen LogP contribution is -2.46. The standard InChI is InChI=1S/C10H22N2O3S/c1-15-8-9-16(13,14)12-7-3-2-4-10(12)5-6-11/h10H,2-9,11H2,1H3. The summed E-state index contributed by atoms with van der Waals surface area (Å²) in [6, 6.07) is 0.0978. The summed E-state index contributed by atoms with van der Waals surface area (Å²) >= 11 is 0. The Labute approximate surface area is 98.0 Å². The van der Waals surface area contributed by atoms with Gasteiger partial charge in [0.25, 0.3) is 0 Å². The summed E-state index contributed by atoms with van der Waals surface area (Å²) in [7, 11) is -1.65. The van der Waals surface area contributed by atoms with Crippen LogP contribution in [0.3, 0.4) is 0 Å². The third kappa shape index (κ3) is 3.69. The minimum Gasteiger partial charge on any atom is -0.384 e. The zero-order valence-electron chi connectivity index (χ0n) is 9.89. The summed E-state index contributed by atoms with van der Waals surface area (Å²) < 4.78 is 30.5. The van der Waals surface area contributed by atoms with E-state index in [4.69, 9.17) is 10.5 Å². The predicted octanol–water partition coefficient (Wildman–Crippen LogP) is 0.166. The maximum Gasteiger partial charge on any atom is 0.216 e. The minimum atomic E-state index is -3.16. The molecule has 1 heterocycles. The lowest BCUT2D eigenvalue weighted by Gasteiger charge is -2.34. The van der Waals surface area contributed by atoms with Gasteiger partial charge in [-0.2, -0.15) is 4.31 Å². The van der Waals surface area contributed by atoms with Gasteiger partial charge in [-0.3, -0.25) is 0 Å². The van der Waals surface area contributed by atoms with Crippen molar-refractivity contribution in [1.29, 1.82) is 0 Å². The zero-order valence-corrected chi connectivity index (χ0v) is 10.7. The largest absolute Gasteiger partial charge is 0.384 e. The van der Waals surface area contributed by atoms with Crippen molar-refractivity contribution in [3.63, 3.8) is 0 Å². The van der Waals surface area contributed by atoms with Crippen molar-refractivity contribution < 1.29 is 13.2 Å². The van der Waals surface area contributed by atoms with Crippen LogP contribution < -0.4 is 5.73 Å². The predicted molar refractivity (Wildman–Crippen MR) is 63.7 cm³/mol. The van der Waals surface area contributed by atoms with Crippen molar-refractivity contribution in [2.24, 2.45) is 5.73 Å². The Morgan fingerprint density at radius 2 is 2.19 bits per heavy atom. The molecule has 0 saturated carbocycles. The molecular formula is C10H22N2O3S. The molecule has 1 saturated heterocycles. The smallest absolute Gasteiger partial charge is 0.216 e. The third-order valence-electron chi connectivity index (χ3n) is 2.98. The van der Waals surface area contributed by atoms with E-state index in [-0.39, 0.29) is 18.4 Å². The summed E-state index contributed by atoms with van der Waals surface area (Å²) in [5.74, 6) is 0.0740. The van der Waals surface area contributed by atoms with Crippen LogP contribution in [0.2, 0.25) is 0 Å². The molecule has 0 radical (unpaired) electrons. The van der Waals surface area contributed by atoms with E-state index in [0.717, 1.165) is 25.7 Å². The van der Waals surface area contributed by atoms with E-state index >= 15 is 0 Å². The Kier molecular flexibility index (Phi) is 5.68. The van der Waals surface area contributed by atoms with Crippen LogP contribution in [-0.4, -0.2) is 51.3 Å². The summed E-state index contributed by atoms with van der Waals surface area (Å²) in [5.41, 5.74) is 5.52. The topological polar surface area (TPSA) is 72.6 Å². The second-order valence-electron chi connectivity index (χ2n) is 4.15. The monoisotopic (exact) mass is 250 g/mol. The van der Waals surface area contributed by atoms with Crippen LogP contribution in [-0.2, 0) is 14.8 Å². The molecule has 0 aliphatic carbocycles. The van der Waals surface area contributed by atoms with Gasteiger partial charge >= 0.3 is 0 Å². The first kappa shape index (κ1) is 13.9. The quantitative estimate of drug-likeness (QED) is 0.729. The maximum absolute atomic E-state index is 12.0.